The second-order valence-corrected chi connectivity index (χ2v) is 5.59. The average Bonchev–Trinajstić information content (AvgIpc) is 2.66. The van der Waals surface area contributed by atoms with Gasteiger partial charge in [-0.25, -0.2) is 4.79 Å². The molecule has 0 saturated carbocycles. The van der Waals surface area contributed by atoms with Gasteiger partial charge in [0.25, 0.3) is 0 Å². The van der Waals surface area contributed by atoms with Crippen molar-refractivity contribution in [2.45, 2.75) is 38.6 Å². The van der Waals surface area contributed by atoms with Crippen molar-refractivity contribution in [3.63, 3.8) is 0 Å². The highest BCUT2D eigenvalue weighted by atomic mass is 32.2. The summed E-state index contributed by atoms with van der Waals surface area (Å²) in [6, 6.07) is 1.59. The normalized spacial score (nSPS) is 13.9. The molecule has 0 saturated heterocycles. The number of hydrogen-bond acceptors (Lipinski definition) is 4. The Morgan fingerprint density at radius 1 is 1.53 bits per heavy atom. The van der Waals surface area contributed by atoms with E-state index < -0.39 is 0 Å². The molecule has 0 aliphatic carbocycles. The van der Waals surface area contributed by atoms with Gasteiger partial charge in [0, 0.05) is 23.4 Å². The quantitative estimate of drug-likeness (QED) is 0.745. The number of amides is 2. The summed E-state index contributed by atoms with van der Waals surface area (Å²) >= 11 is 1.53. The van der Waals surface area contributed by atoms with Crippen LogP contribution in [0.3, 0.4) is 0 Å². The maximum Gasteiger partial charge on any atom is 0.315 e. The summed E-state index contributed by atoms with van der Waals surface area (Å²) in [7, 11) is 0. The van der Waals surface area contributed by atoms with Crippen molar-refractivity contribution in [1.82, 2.24) is 10.6 Å². The molecule has 2 amide bonds. The topological polar surface area (TPSA) is 74.5 Å². The van der Waals surface area contributed by atoms with Gasteiger partial charge in [0.15, 0.2) is 0 Å². The van der Waals surface area contributed by atoms with Gasteiger partial charge in [-0.05, 0) is 33.1 Å². The number of furan rings is 1. The molecule has 19 heavy (non-hydrogen) atoms. The third kappa shape index (κ3) is 4.80. The number of aliphatic hydroxyl groups is 1. The van der Waals surface area contributed by atoms with Crippen molar-refractivity contribution < 1.29 is 14.3 Å². The van der Waals surface area contributed by atoms with Crippen molar-refractivity contribution in [3.8, 4) is 0 Å². The van der Waals surface area contributed by atoms with Crippen molar-refractivity contribution in [2.75, 3.05) is 12.9 Å². The molecular weight excluding hydrogens is 264 g/mol. The monoisotopic (exact) mass is 286 g/mol. The van der Waals surface area contributed by atoms with Crippen molar-refractivity contribution in [2.24, 2.45) is 0 Å². The number of carbonyl (C=O) groups is 1. The predicted molar refractivity (Wildman–Crippen MR) is 77.4 cm³/mol. The molecule has 1 heterocycles. The van der Waals surface area contributed by atoms with Crippen LogP contribution in [0.15, 0.2) is 10.5 Å². The van der Waals surface area contributed by atoms with E-state index in [2.05, 4.69) is 10.6 Å². The fourth-order valence-electron chi connectivity index (χ4n) is 1.82. The second kappa shape index (κ2) is 7.45. The van der Waals surface area contributed by atoms with E-state index in [1.165, 1.54) is 11.8 Å². The highest BCUT2D eigenvalue weighted by Crippen LogP contribution is 2.13. The van der Waals surface area contributed by atoms with Crippen LogP contribution in [0.1, 0.15) is 24.0 Å². The lowest BCUT2D eigenvalue weighted by molar-refractivity contribution is 0.232. The molecule has 0 aromatic carbocycles. The molecule has 1 rings (SSSR count). The Bertz CT molecular complexity index is 416. The highest BCUT2D eigenvalue weighted by molar-refractivity contribution is 7.99. The zero-order valence-electron chi connectivity index (χ0n) is 11.8. The van der Waals surface area contributed by atoms with E-state index in [0.29, 0.717) is 6.54 Å². The molecule has 6 heteroatoms. The molecule has 0 radical (unpaired) electrons. The van der Waals surface area contributed by atoms with Crippen LogP contribution in [0.4, 0.5) is 4.79 Å². The highest BCUT2D eigenvalue weighted by Gasteiger charge is 2.17. The first-order valence-electron chi connectivity index (χ1n) is 6.21. The van der Waals surface area contributed by atoms with Gasteiger partial charge >= 0.3 is 6.03 Å². The van der Waals surface area contributed by atoms with Crippen molar-refractivity contribution in [3.05, 3.63) is 23.2 Å². The molecule has 5 nitrogen and oxygen atoms in total. The summed E-state index contributed by atoms with van der Waals surface area (Å²) in [6.07, 6.45) is 1.91. The van der Waals surface area contributed by atoms with E-state index in [9.17, 15) is 4.79 Å². The minimum Gasteiger partial charge on any atom is -0.466 e. The number of rotatable bonds is 6. The van der Waals surface area contributed by atoms with Gasteiger partial charge in [0.1, 0.15) is 11.5 Å². The SMILES string of the molecule is CSC(CO)C(C)NC(=O)NCc1cc(C)oc1C. The molecule has 0 spiro atoms. The summed E-state index contributed by atoms with van der Waals surface area (Å²) in [5.74, 6) is 1.66. The fraction of sp³-hybridized carbons (Fsp3) is 0.615. The molecule has 2 unspecified atom stereocenters. The van der Waals surface area contributed by atoms with Crippen molar-refractivity contribution in [1.29, 1.82) is 0 Å². The smallest absolute Gasteiger partial charge is 0.315 e. The minimum absolute atomic E-state index is 0.00339. The van der Waals surface area contributed by atoms with E-state index in [1.807, 2.05) is 33.1 Å². The third-order valence-electron chi connectivity index (χ3n) is 2.98. The van der Waals surface area contributed by atoms with E-state index in [1.54, 1.807) is 0 Å². The van der Waals surface area contributed by atoms with Gasteiger partial charge in [-0.1, -0.05) is 0 Å². The number of hydrogen-bond donors (Lipinski definition) is 3. The van der Waals surface area contributed by atoms with Gasteiger partial charge in [-0.15, -0.1) is 0 Å². The van der Waals surface area contributed by atoms with Crippen molar-refractivity contribution >= 4 is 17.8 Å². The van der Waals surface area contributed by atoms with E-state index in [0.717, 1.165) is 17.1 Å². The predicted octanol–water partition coefficient (Wildman–Crippen LogP) is 1.81. The van der Waals surface area contributed by atoms with Gasteiger partial charge < -0.3 is 20.2 Å². The number of aryl methyl sites for hydroxylation is 2. The zero-order valence-corrected chi connectivity index (χ0v) is 12.6. The minimum atomic E-state index is -0.238. The van der Waals surface area contributed by atoms with E-state index >= 15 is 0 Å². The molecule has 1 aromatic heterocycles. The number of aliphatic hydroxyl groups excluding tert-OH is 1. The van der Waals surface area contributed by atoms with Gasteiger partial charge in [-0.3, -0.25) is 0 Å². The summed E-state index contributed by atoms with van der Waals surface area (Å²) in [5, 5.41) is 14.8. The molecule has 0 bridgehead atoms. The van der Waals surface area contributed by atoms with E-state index in [4.69, 9.17) is 9.52 Å². The Hall–Kier alpha value is -1.14. The Balaban J connectivity index is 2.41. The van der Waals surface area contributed by atoms with Crippen LogP contribution in [-0.2, 0) is 6.54 Å². The number of carbonyl (C=O) groups excluding carboxylic acids is 1. The van der Waals surface area contributed by atoms with E-state index in [-0.39, 0.29) is 23.9 Å². The number of urea groups is 1. The maximum absolute atomic E-state index is 11.7. The summed E-state index contributed by atoms with van der Waals surface area (Å²) in [5.41, 5.74) is 0.976. The summed E-state index contributed by atoms with van der Waals surface area (Å²) in [6.45, 7) is 6.11. The molecule has 0 aliphatic heterocycles. The fourth-order valence-corrected chi connectivity index (χ4v) is 2.45. The Labute approximate surface area is 118 Å². The van der Waals surface area contributed by atoms with Gasteiger partial charge in [-0.2, -0.15) is 11.8 Å². The molecule has 108 valence electrons. The first-order chi connectivity index (χ1) is 8.97. The Morgan fingerprint density at radius 3 is 2.68 bits per heavy atom. The molecule has 0 aliphatic rings. The lowest BCUT2D eigenvalue weighted by Gasteiger charge is -2.21. The third-order valence-corrected chi connectivity index (χ3v) is 4.15. The lowest BCUT2D eigenvalue weighted by atomic mass is 10.2. The van der Waals surface area contributed by atoms with Gasteiger partial charge in [0.05, 0.1) is 6.61 Å². The van der Waals surface area contributed by atoms with Crippen LogP contribution >= 0.6 is 11.8 Å². The molecule has 1 aromatic rings. The molecule has 2 atom stereocenters. The zero-order chi connectivity index (χ0) is 14.4. The number of nitrogens with one attached hydrogen (secondary N) is 2. The van der Waals surface area contributed by atoms with Crippen LogP contribution in [0.2, 0.25) is 0 Å². The van der Waals surface area contributed by atoms with Crippen LogP contribution < -0.4 is 10.6 Å². The molecule has 3 N–H and O–H groups in total. The summed E-state index contributed by atoms with van der Waals surface area (Å²) < 4.78 is 5.39. The first kappa shape index (κ1) is 15.9. The Kier molecular flexibility index (Phi) is 6.24. The Morgan fingerprint density at radius 2 is 2.21 bits per heavy atom. The van der Waals surface area contributed by atoms with Crippen LogP contribution in [0.5, 0.6) is 0 Å². The lowest BCUT2D eigenvalue weighted by Crippen LogP contribution is -2.45. The summed E-state index contributed by atoms with van der Waals surface area (Å²) in [4.78, 5) is 11.7. The van der Waals surface area contributed by atoms with Crippen LogP contribution in [0, 0.1) is 13.8 Å². The standard InChI is InChI=1S/C13H22N2O3S/c1-8-5-11(10(3)18-8)6-14-13(17)15-9(2)12(7-16)19-4/h5,9,12,16H,6-7H2,1-4H3,(H2,14,15,17). The van der Waals surface area contributed by atoms with Gasteiger partial charge in [0.2, 0.25) is 0 Å². The number of thioether (sulfide) groups is 1. The van der Waals surface area contributed by atoms with Crippen LogP contribution in [-0.4, -0.2) is 35.3 Å². The first-order valence-corrected chi connectivity index (χ1v) is 7.50. The second-order valence-electron chi connectivity index (χ2n) is 4.51. The van der Waals surface area contributed by atoms with Crippen LogP contribution in [0.25, 0.3) is 0 Å². The molecule has 0 fully saturated rings. The molecular formula is C13H22N2O3S. The largest absolute Gasteiger partial charge is 0.466 e. The maximum atomic E-state index is 11.7. The average molecular weight is 286 g/mol.